The Morgan fingerprint density at radius 1 is 1.45 bits per heavy atom. The average molecular weight is 362 g/mol. The van der Waals surface area contributed by atoms with Crippen LogP contribution in [0.1, 0.15) is 37.3 Å². The summed E-state index contributed by atoms with van der Waals surface area (Å²) in [6.07, 6.45) is 3.05. The first-order chi connectivity index (χ1) is 9.39. The van der Waals surface area contributed by atoms with E-state index in [9.17, 15) is 13.5 Å². The second-order valence-corrected chi connectivity index (χ2v) is 7.87. The summed E-state index contributed by atoms with van der Waals surface area (Å²) in [6, 6.07) is 3.36. The first-order valence-corrected chi connectivity index (χ1v) is 9.09. The lowest BCUT2D eigenvalue weighted by Gasteiger charge is -2.12. The topological polar surface area (TPSA) is 66.4 Å². The lowest BCUT2D eigenvalue weighted by atomic mass is 10.1. The molecule has 0 bridgehead atoms. The van der Waals surface area contributed by atoms with Crippen LogP contribution in [0.15, 0.2) is 21.5 Å². The average Bonchev–Trinajstić information content (AvgIpc) is 3.09. The molecule has 2 atom stereocenters. The van der Waals surface area contributed by atoms with E-state index in [1.54, 1.807) is 6.07 Å². The molecule has 1 aromatic rings. The zero-order valence-corrected chi connectivity index (χ0v) is 14.1. The largest absolute Gasteiger partial charge is 0.392 e. The fraction of sp³-hybridized carbons (Fsp3) is 0.571. The molecule has 1 aliphatic carbocycles. The number of aryl methyl sites for hydroxylation is 1. The summed E-state index contributed by atoms with van der Waals surface area (Å²) in [5.41, 5.74) is 1.41. The number of sulfonamides is 1. The Morgan fingerprint density at radius 2 is 2.15 bits per heavy atom. The molecule has 2 N–H and O–H groups in total. The second-order valence-electron chi connectivity index (χ2n) is 5.40. The zero-order chi connectivity index (χ0) is 14.9. The van der Waals surface area contributed by atoms with E-state index in [-0.39, 0.29) is 17.5 Å². The summed E-state index contributed by atoms with van der Waals surface area (Å²) < 4.78 is 28.2. The number of hydrogen-bond donors (Lipinski definition) is 2. The third-order valence-electron chi connectivity index (χ3n) is 3.64. The number of halogens is 1. The Kier molecular flexibility index (Phi) is 4.89. The van der Waals surface area contributed by atoms with Gasteiger partial charge in [-0.25, -0.2) is 13.1 Å². The Morgan fingerprint density at radius 3 is 2.75 bits per heavy atom. The minimum absolute atomic E-state index is 0.0601. The standard InChI is InChI=1S/C14H20BrNO3S/c1-3-4-11-7-12(11)16-20(18,19)13-6-10(8-17)5-9(2)14(13)15/h5-6,11-12,16-17H,3-4,7-8H2,1-2H3. The molecule has 0 amide bonds. The molecule has 0 aliphatic heterocycles. The van der Waals surface area contributed by atoms with Crippen LogP contribution in [0.3, 0.4) is 0 Å². The van der Waals surface area contributed by atoms with Crippen molar-refractivity contribution in [1.29, 1.82) is 0 Å². The van der Waals surface area contributed by atoms with Gasteiger partial charge in [0.05, 0.1) is 11.5 Å². The molecule has 2 unspecified atom stereocenters. The van der Waals surface area contributed by atoms with Gasteiger partial charge in [-0.1, -0.05) is 19.4 Å². The number of benzene rings is 1. The van der Waals surface area contributed by atoms with Crippen molar-refractivity contribution in [3.05, 3.63) is 27.7 Å². The summed E-state index contributed by atoms with van der Waals surface area (Å²) in [4.78, 5) is 0.212. The summed E-state index contributed by atoms with van der Waals surface area (Å²) in [6.45, 7) is 3.76. The van der Waals surface area contributed by atoms with Crippen LogP contribution < -0.4 is 4.72 Å². The van der Waals surface area contributed by atoms with Crippen LogP contribution in [0.5, 0.6) is 0 Å². The SMILES string of the molecule is CCCC1CC1NS(=O)(=O)c1cc(CO)cc(C)c1Br. The highest BCUT2D eigenvalue weighted by Gasteiger charge is 2.39. The first kappa shape index (κ1) is 15.9. The minimum Gasteiger partial charge on any atom is -0.392 e. The molecule has 0 heterocycles. The normalized spacial score (nSPS) is 22.0. The monoisotopic (exact) mass is 361 g/mol. The number of hydrogen-bond acceptors (Lipinski definition) is 3. The van der Waals surface area contributed by atoms with E-state index < -0.39 is 10.0 Å². The van der Waals surface area contributed by atoms with E-state index >= 15 is 0 Å². The summed E-state index contributed by atoms with van der Waals surface area (Å²) in [7, 11) is -3.54. The van der Waals surface area contributed by atoms with Crippen LogP contribution in [0.2, 0.25) is 0 Å². The van der Waals surface area contributed by atoms with Crippen molar-refractivity contribution < 1.29 is 13.5 Å². The van der Waals surface area contributed by atoms with Crippen LogP contribution in [-0.4, -0.2) is 19.6 Å². The van der Waals surface area contributed by atoms with Crippen molar-refractivity contribution in [3.63, 3.8) is 0 Å². The molecule has 1 saturated carbocycles. The number of aliphatic hydroxyl groups excluding tert-OH is 1. The number of aliphatic hydroxyl groups is 1. The number of rotatable bonds is 6. The van der Waals surface area contributed by atoms with Crippen molar-refractivity contribution in [2.45, 2.75) is 50.7 Å². The molecule has 1 fully saturated rings. The van der Waals surface area contributed by atoms with Gasteiger partial charge < -0.3 is 5.11 Å². The van der Waals surface area contributed by atoms with Crippen molar-refractivity contribution in [2.75, 3.05) is 0 Å². The molecule has 6 heteroatoms. The van der Waals surface area contributed by atoms with Gasteiger partial charge >= 0.3 is 0 Å². The van der Waals surface area contributed by atoms with Crippen molar-refractivity contribution in [3.8, 4) is 0 Å². The Hall–Kier alpha value is -0.430. The molecule has 0 radical (unpaired) electrons. The quantitative estimate of drug-likeness (QED) is 0.818. The lowest BCUT2D eigenvalue weighted by molar-refractivity contribution is 0.281. The predicted octanol–water partition coefficient (Wildman–Crippen LogP) is 2.72. The Bertz CT molecular complexity index is 601. The maximum Gasteiger partial charge on any atom is 0.241 e. The minimum atomic E-state index is -3.54. The Balaban J connectivity index is 2.24. The molecule has 1 aromatic carbocycles. The van der Waals surface area contributed by atoms with Crippen LogP contribution in [0.25, 0.3) is 0 Å². The van der Waals surface area contributed by atoms with Crippen LogP contribution in [0, 0.1) is 12.8 Å². The summed E-state index contributed by atoms with van der Waals surface area (Å²) in [5.74, 6) is 0.468. The lowest BCUT2D eigenvalue weighted by Crippen LogP contribution is -2.27. The van der Waals surface area contributed by atoms with Crippen molar-refractivity contribution in [1.82, 2.24) is 4.72 Å². The van der Waals surface area contributed by atoms with Gasteiger partial charge in [0.2, 0.25) is 10.0 Å². The molecular weight excluding hydrogens is 342 g/mol. The third kappa shape index (κ3) is 3.42. The van der Waals surface area contributed by atoms with E-state index in [1.807, 2.05) is 6.92 Å². The first-order valence-electron chi connectivity index (χ1n) is 6.81. The van der Waals surface area contributed by atoms with Crippen LogP contribution in [0.4, 0.5) is 0 Å². The van der Waals surface area contributed by atoms with Gasteiger partial charge in [-0.3, -0.25) is 0 Å². The summed E-state index contributed by atoms with van der Waals surface area (Å²) in [5, 5.41) is 9.22. The molecule has 2 rings (SSSR count). The number of nitrogens with one attached hydrogen (secondary N) is 1. The van der Waals surface area contributed by atoms with Gasteiger partial charge in [-0.05, 0) is 58.8 Å². The third-order valence-corrected chi connectivity index (χ3v) is 6.47. The van der Waals surface area contributed by atoms with Crippen LogP contribution in [-0.2, 0) is 16.6 Å². The van der Waals surface area contributed by atoms with E-state index in [0.29, 0.717) is 16.0 Å². The molecule has 112 valence electrons. The van der Waals surface area contributed by atoms with Gasteiger partial charge in [0.15, 0.2) is 0 Å². The molecule has 4 nitrogen and oxygen atoms in total. The predicted molar refractivity (Wildman–Crippen MR) is 81.9 cm³/mol. The Labute approximate surface area is 128 Å². The molecule has 20 heavy (non-hydrogen) atoms. The summed E-state index contributed by atoms with van der Waals surface area (Å²) >= 11 is 3.33. The maximum atomic E-state index is 12.5. The van der Waals surface area contributed by atoms with E-state index in [1.165, 1.54) is 6.07 Å². The van der Waals surface area contributed by atoms with Gasteiger partial charge in [0.25, 0.3) is 0 Å². The van der Waals surface area contributed by atoms with Gasteiger partial charge in [-0.2, -0.15) is 0 Å². The highest BCUT2D eigenvalue weighted by molar-refractivity contribution is 9.10. The molecule has 0 aromatic heterocycles. The fourth-order valence-corrected chi connectivity index (χ4v) is 4.83. The maximum absolute atomic E-state index is 12.5. The molecular formula is C14H20BrNO3S. The second kappa shape index (κ2) is 6.13. The van der Waals surface area contributed by atoms with Gasteiger partial charge in [0, 0.05) is 10.5 Å². The van der Waals surface area contributed by atoms with Gasteiger partial charge in [0.1, 0.15) is 0 Å². The highest BCUT2D eigenvalue weighted by Crippen LogP contribution is 2.36. The van der Waals surface area contributed by atoms with Crippen molar-refractivity contribution >= 4 is 26.0 Å². The van der Waals surface area contributed by atoms with Crippen molar-refractivity contribution in [2.24, 2.45) is 5.92 Å². The molecule has 1 aliphatic rings. The zero-order valence-electron chi connectivity index (χ0n) is 11.7. The van der Waals surface area contributed by atoms with E-state index in [0.717, 1.165) is 24.8 Å². The van der Waals surface area contributed by atoms with E-state index in [4.69, 9.17) is 0 Å². The van der Waals surface area contributed by atoms with E-state index in [2.05, 4.69) is 27.6 Å². The smallest absolute Gasteiger partial charge is 0.241 e. The van der Waals surface area contributed by atoms with Crippen LogP contribution >= 0.6 is 15.9 Å². The van der Waals surface area contributed by atoms with Gasteiger partial charge in [-0.15, -0.1) is 0 Å². The fourth-order valence-electron chi connectivity index (χ4n) is 2.44. The molecule has 0 spiro atoms. The highest BCUT2D eigenvalue weighted by atomic mass is 79.9. The molecule has 0 saturated heterocycles.